The van der Waals surface area contributed by atoms with Gasteiger partial charge in [-0.2, -0.15) is 0 Å². The maximum absolute atomic E-state index is 12.5. The highest BCUT2D eigenvalue weighted by Crippen LogP contribution is 2.28. The van der Waals surface area contributed by atoms with E-state index in [1.54, 1.807) is 16.0 Å². The lowest BCUT2D eigenvalue weighted by atomic mass is 10.1. The second-order valence-electron chi connectivity index (χ2n) is 11.0. The van der Waals surface area contributed by atoms with Crippen LogP contribution in [0.3, 0.4) is 0 Å². The Bertz CT molecular complexity index is 1350. The van der Waals surface area contributed by atoms with Crippen molar-refractivity contribution in [2.24, 2.45) is 0 Å². The number of aliphatic hydroxyl groups excluding tert-OH is 1. The topological polar surface area (TPSA) is 108 Å². The van der Waals surface area contributed by atoms with Crippen LogP contribution in [0.5, 0.6) is 0 Å². The molecule has 5 rings (SSSR count). The number of hydrogen-bond donors (Lipinski definition) is 1. The maximum Gasteiger partial charge on any atom is 0.410 e. The fourth-order valence-electron chi connectivity index (χ4n) is 4.75. The van der Waals surface area contributed by atoms with E-state index in [1.807, 2.05) is 75.4 Å². The highest BCUT2D eigenvalue weighted by molar-refractivity contribution is 5.69. The Labute approximate surface area is 234 Å². The third-order valence-electron chi connectivity index (χ3n) is 6.87. The van der Waals surface area contributed by atoms with Crippen molar-refractivity contribution in [3.05, 3.63) is 89.0 Å². The number of ether oxygens (including phenoxy) is 2. The van der Waals surface area contributed by atoms with Gasteiger partial charge in [0.15, 0.2) is 5.82 Å². The average Bonchev–Trinajstić information content (AvgIpc) is 3.39. The summed E-state index contributed by atoms with van der Waals surface area (Å²) in [7, 11) is 0. The molecule has 3 aromatic rings. The molecule has 0 saturated carbocycles. The van der Waals surface area contributed by atoms with Crippen molar-refractivity contribution < 1.29 is 24.2 Å². The summed E-state index contributed by atoms with van der Waals surface area (Å²) in [6.07, 6.45) is -0.0582. The second kappa shape index (κ2) is 11.5. The van der Waals surface area contributed by atoms with Crippen LogP contribution in [0, 0.1) is 0 Å². The minimum Gasteiger partial charge on any atom is -0.445 e. The SMILES string of the molecule is CC(C)(C)OC(=O)N1Cc2cnc(C(O)c3cccc(N4CCN(C(=O)OCc5ccccc5)CC4)c3)nc2C1. The molecule has 3 heterocycles. The minimum absolute atomic E-state index is 0.254. The first-order valence-corrected chi connectivity index (χ1v) is 13.5. The molecule has 2 amide bonds. The number of piperazine rings is 1. The molecule has 2 aliphatic heterocycles. The number of hydrogen-bond acceptors (Lipinski definition) is 8. The summed E-state index contributed by atoms with van der Waals surface area (Å²) >= 11 is 0. The third-order valence-corrected chi connectivity index (χ3v) is 6.87. The summed E-state index contributed by atoms with van der Waals surface area (Å²) in [6, 6.07) is 17.3. The molecule has 0 aliphatic carbocycles. The van der Waals surface area contributed by atoms with Crippen molar-refractivity contribution in [1.82, 2.24) is 19.8 Å². The zero-order chi connectivity index (χ0) is 28.3. The van der Waals surface area contributed by atoms with E-state index in [-0.39, 0.29) is 18.5 Å². The first kappa shape index (κ1) is 27.4. The molecule has 40 heavy (non-hydrogen) atoms. The average molecular weight is 546 g/mol. The normalized spacial score (nSPS) is 15.9. The number of nitrogens with zero attached hydrogens (tertiary/aromatic N) is 5. The minimum atomic E-state index is -1.02. The lowest BCUT2D eigenvalue weighted by Crippen LogP contribution is -2.49. The van der Waals surface area contributed by atoms with Crippen molar-refractivity contribution in [3.63, 3.8) is 0 Å². The van der Waals surface area contributed by atoms with Gasteiger partial charge in [-0.15, -0.1) is 0 Å². The van der Waals surface area contributed by atoms with Crippen LogP contribution in [0.4, 0.5) is 15.3 Å². The number of rotatable bonds is 5. The molecule has 1 fully saturated rings. The summed E-state index contributed by atoms with van der Waals surface area (Å²) in [5.74, 6) is 0.285. The number of aromatic nitrogens is 2. The molecule has 1 N–H and O–H groups in total. The number of benzene rings is 2. The number of carbonyl (C=O) groups excluding carboxylic acids is 2. The first-order chi connectivity index (χ1) is 19.2. The zero-order valence-corrected chi connectivity index (χ0v) is 23.1. The van der Waals surface area contributed by atoms with E-state index >= 15 is 0 Å². The van der Waals surface area contributed by atoms with Crippen LogP contribution < -0.4 is 4.90 Å². The van der Waals surface area contributed by atoms with Gasteiger partial charge in [-0.05, 0) is 44.0 Å². The van der Waals surface area contributed by atoms with Gasteiger partial charge in [0.05, 0.1) is 18.8 Å². The highest BCUT2D eigenvalue weighted by atomic mass is 16.6. The molecule has 1 unspecified atom stereocenters. The van der Waals surface area contributed by atoms with Gasteiger partial charge in [-0.25, -0.2) is 19.6 Å². The second-order valence-corrected chi connectivity index (χ2v) is 11.0. The summed E-state index contributed by atoms with van der Waals surface area (Å²) in [5.41, 5.74) is 3.55. The van der Waals surface area contributed by atoms with E-state index in [4.69, 9.17) is 9.47 Å². The molecule has 2 aliphatic rings. The quantitative estimate of drug-likeness (QED) is 0.507. The summed E-state index contributed by atoms with van der Waals surface area (Å²) < 4.78 is 11.0. The van der Waals surface area contributed by atoms with Gasteiger partial charge in [0.2, 0.25) is 0 Å². The maximum atomic E-state index is 12.5. The van der Waals surface area contributed by atoms with Crippen LogP contribution in [0.1, 0.15) is 55.1 Å². The van der Waals surface area contributed by atoms with Gasteiger partial charge < -0.3 is 24.4 Å². The Balaban J connectivity index is 1.18. The molecule has 1 atom stereocenters. The predicted molar refractivity (Wildman–Crippen MR) is 148 cm³/mol. The molecular weight excluding hydrogens is 510 g/mol. The highest BCUT2D eigenvalue weighted by Gasteiger charge is 2.30. The monoisotopic (exact) mass is 545 g/mol. The van der Waals surface area contributed by atoms with Crippen LogP contribution in [0.15, 0.2) is 60.8 Å². The van der Waals surface area contributed by atoms with E-state index in [2.05, 4.69) is 14.9 Å². The van der Waals surface area contributed by atoms with Crippen molar-refractivity contribution in [1.29, 1.82) is 0 Å². The number of fused-ring (bicyclic) bond motifs is 1. The molecule has 0 spiro atoms. The van der Waals surface area contributed by atoms with E-state index < -0.39 is 17.8 Å². The van der Waals surface area contributed by atoms with E-state index in [9.17, 15) is 14.7 Å². The van der Waals surface area contributed by atoms with Crippen LogP contribution in [-0.4, -0.2) is 68.8 Å². The van der Waals surface area contributed by atoms with Gasteiger partial charge in [0.1, 0.15) is 18.3 Å². The molecule has 10 heteroatoms. The lowest BCUT2D eigenvalue weighted by Gasteiger charge is -2.35. The molecule has 0 bridgehead atoms. The summed E-state index contributed by atoms with van der Waals surface area (Å²) in [6.45, 7) is 8.82. The first-order valence-electron chi connectivity index (χ1n) is 13.5. The molecule has 1 saturated heterocycles. The number of anilines is 1. The molecule has 0 radical (unpaired) electrons. The Morgan fingerprint density at radius 3 is 2.42 bits per heavy atom. The van der Waals surface area contributed by atoms with Crippen molar-refractivity contribution >= 4 is 17.9 Å². The van der Waals surface area contributed by atoms with Crippen molar-refractivity contribution in [2.45, 2.75) is 52.2 Å². The van der Waals surface area contributed by atoms with Crippen LogP contribution in [0.25, 0.3) is 0 Å². The van der Waals surface area contributed by atoms with E-state index in [0.717, 1.165) is 16.8 Å². The van der Waals surface area contributed by atoms with Gasteiger partial charge in [-0.3, -0.25) is 4.90 Å². The van der Waals surface area contributed by atoms with E-state index in [1.165, 1.54) is 0 Å². The van der Waals surface area contributed by atoms with E-state index in [0.29, 0.717) is 50.5 Å². The Morgan fingerprint density at radius 1 is 0.950 bits per heavy atom. The molecule has 2 aromatic carbocycles. The molecule has 10 nitrogen and oxygen atoms in total. The molecular formula is C30H35N5O5. The Morgan fingerprint density at radius 2 is 1.70 bits per heavy atom. The predicted octanol–water partition coefficient (Wildman–Crippen LogP) is 4.27. The summed E-state index contributed by atoms with van der Waals surface area (Å²) in [5, 5.41) is 11.1. The number of carbonyl (C=O) groups is 2. The zero-order valence-electron chi connectivity index (χ0n) is 23.1. The van der Waals surface area contributed by atoms with Crippen LogP contribution >= 0.6 is 0 Å². The molecule has 210 valence electrons. The number of aliphatic hydroxyl groups is 1. The fourth-order valence-corrected chi connectivity index (χ4v) is 4.75. The Hall–Kier alpha value is -4.18. The largest absolute Gasteiger partial charge is 0.445 e. The van der Waals surface area contributed by atoms with Crippen LogP contribution in [0.2, 0.25) is 0 Å². The van der Waals surface area contributed by atoms with Gasteiger partial charge in [-0.1, -0.05) is 42.5 Å². The van der Waals surface area contributed by atoms with Crippen molar-refractivity contribution in [3.8, 4) is 0 Å². The van der Waals surface area contributed by atoms with Crippen LogP contribution in [-0.2, 0) is 29.2 Å². The van der Waals surface area contributed by atoms with Gasteiger partial charge >= 0.3 is 12.2 Å². The number of amides is 2. The standard InChI is InChI=1S/C30H35N5O5/c1-30(2,3)40-29(38)35-18-23-17-31-27(32-25(23)19-35)26(36)22-10-7-11-24(16-22)33-12-14-34(15-13-33)28(37)39-20-21-8-5-4-6-9-21/h4-11,16-17,26,36H,12-15,18-20H2,1-3H3. The van der Waals surface area contributed by atoms with Gasteiger partial charge in [0.25, 0.3) is 0 Å². The fraction of sp³-hybridized carbons (Fsp3) is 0.400. The van der Waals surface area contributed by atoms with Gasteiger partial charge in [0, 0.05) is 43.6 Å². The smallest absolute Gasteiger partial charge is 0.410 e. The van der Waals surface area contributed by atoms with Crippen molar-refractivity contribution in [2.75, 3.05) is 31.1 Å². The Kier molecular flexibility index (Phi) is 7.88. The third kappa shape index (κ3) is 6.51. The lowest BCUT2D eigenvalue weighted by molar-refractivity contribution is 0.0240. The molecule has 1 aromatic heterocycles. The summed E-state index contributed by atoms with van der Waals surface area (Å²) in [4.78, 5) is 39.5.